The number of aliphatic hydroxyl groups excluding tert-OH is 1. The maximum Gasteiger partial charge on any atom is 0.142 e. The van der Waals surface area contributed by atoms with Crippen molar-refractivity contribution in [3.8, 4) is 11.5 Å². The maximum atomic E-state index is 10.3. The summed E-state index contributed by atoms with van der Waals surface area (Å²) in [5, 5.41) is 20.0. The minimum Gasteiger partial charge on any atom is -0.508 e. The van der Waals surface area contributed by atoms with Crippen molar-refractivity contribution in [3.63, 3.8) is 0 Å². The quantitative estimate of drug-likeness (QED) is 0.723. The fourth-order valence-electron chi connectivity index (χ4n) is 1.86. The van der Waals surface area contributed by atoms with E-state index < -0.39 is 6.10 Å². The number of nitrogens with two attached hydrogens (primary N) is 1. The monoisotopic (exact) mass is 245 g/mol. The number of hydrogen-bond acceptors (Lipinski definition) is 4. The van der Waals surface area contributed by atoms with Gasteiger partial charge in [-0.2, -0.15) is 0 Å². The van der Waals surface area contributed by atoms with Crippen LogP contribution in [0.1, 0.15) is 17.2 Å². The van der Waals surface area contributed by atoms with Gasteiger partial charge in [-0.1, -0.05) is 30.3 Å². The van der Waals surface area contributed by atoms with Crippen LogP contribution in [0.3, 0.4) is 0 Å². The van der Waals surface area contributed by atoms with Gasteiger partial charge in [0.2, 0.25) is 0 Å². The second kappa shape index (κ2) is 4.98. The van der Waals surface area contributed by atoms with Gasteiger partial charge in [0.25, 0.3) is 0 Å². The third-order valence-electron chi connectivity index (χ3n) is 2.85. The molecule has 4 nitrogen and oxygen atoms in total. The van der Waals surface area contributed by atoms with Crippen molar-refractivity contribution in [2.75, 3.05) is 12.8 Å². The van der Waals surface area contributed by atoms with Gasteiger partial charge in [-0.25, -0.2) is 0 Å². The van der Waals surface area contributed by atoms with Crippen LogP contribution in [0.2, 0.25) is 0 Å². The fourth-order valence-corrected chi connectivity index (χ4v) is 1.86. The van der Waals surface area contributed by atoms with Gasteiger partial charge < -0.3 is 20.7 Å². The van der Waals surface area contributed by atoms with Gasteiger partial charge in [-0.05, 0) is 12.1 Å². The molecule has 2 rings (SSSR count). The van der Waals surface area contributed by atoms with Crippen molar-refractivity contribution < 1.29 is 14.9 Å². The summed E-state index contributed by atoms with van der Waals surface area (Å²) in [5.74, 6) is 0.536. The summed E-state index contributed by atoms with van der Waals surface area (Å²) in [6, 6.07) is 11.8. The number of methoxy groups -OCH3 is 1. The van der Waals surface area contributed by atoms with Crippen molar-refractivity contribution in [2.24, 2.45) is 0 Å². The minimum absolute atomic E-state index is 0.0345. The SMILES string of the molecule is COc1cccc(C(O)c2ccccc2O)c1N. The Kier molecular flexibility index (Phi) is 3.39. The Bertz CT molecular complexity index is 554. The molecule has 0 aliphatic carbocycles. The lowest BCUT2D eigenvalue weighted by Gasteiger charge is -2.16. The number of aromatic hydroxyl groups is 1. The summed E-state index contributed by atoms with van der Waals surface area (Å²) in [7, 11) is 1.52. The molecule has 0 spiro atoms. The molecule has 0 aliphatic heterocycles. The van der Waals surface area contributed by atoms with Gasteiger partial charge in [-0.15, -0.1) is 0 Å². The van der Waals surface area contributed by atoms with E-state index in [0.29, 0.717) is 22.6 Å². The Morgan fingerprint density at radius 1 is 1.06 bits per heavy atom. The lowest BCUT2D eigenvalue weighted by molar-refractivity contribution is 0.216. The second-order valence-corrected chi connectivity index (χ2v) is 3.92. The number of ether oxygens (including phenoxy) is 1. The van der Waals surface area contributed by atoms with E-state index in [1.165, 1.54) is 13.2 Å². The molecule has 2 aromatic rings. The average molecular weight is 245 g/mol. The topological polar surface area (TPSA) is 75.7 Å². The summed E-state index contributed by atoms with van der Waals surface area (Å²) in [6.45, 7) is 0. The highest BCUT2D eigenvalue weighted by Crippen LogP contribution is 2.35. The van der Waals surface area contributed by atoms with E-state index in [2.05, 4.69) is 0 Å². The predicted molar refractivity (Wildman–Crippen MR) is 69.6 cm³/mol. The first-order chi connectivity index (χ1) is 8.65. The molecular weight excluding hydrogens is 230 g/mol. The molecule has 0 saturated heterocycles. The number of phenols is 1. The van der Waals surface area contributed by atoms with Crippen LogP contribution in [0.5, 0.6) is 11.5 Å². The van der Waals surface area contributed by atoms with Crippen LogP contribution in [0.15, 0.2) is 42.5 Å². The van der Waals surface area contributed by atoms with Gasteiger partial charge >= 0.3 is 0 Å². The Morgan fingerprint density at radius 3 is 2.39 bits per heavy atom. The van der Waals surface area contributed by atoms with E-state index >= 15 is 0 Å². The molecule has 94 valence electrons. The molecule has 0 fully saturated rings. The van der Waals surface area contributed by atoms with Crippen LogP contribution in [0.4, 0.5) is 5.69 Å². The molecule has 0 saturated carbocycles. The first-order valence-corrected chi connectivity index (χ1v) is 5.53. The minimum atomic E-state index is -0.985. The fraction of sp³-hybridized carbons (Fsp3) is 0.143. The predicted octanol–water partition coefficient (Wildman–Crippen LogP) is 2.06. The van der Waals surface area contributed by atoms with Gasteiger partial charge in [-0.3, -0.25) is 0 Å². The molecule has 0 radical (unpaired) electrons. The Balaban J connectivity index is 2.47. The van der Waals surface area contributed by atoms with Crippen LogP contribution >= 0.6 is 0 Å². The third kappa shape index (κ3) is 2.10. The lowest BCUT2D eigenvalue weighted by atomic mass is 9.99. The molecule has 0 heterocycles. The highest BCUT2D eigenvalue weighted by molar-refractivity contribution is 5.61. The molecule has 1 unspecified atom stereocenters. The smallest absolute Gasteiger partial charge is 0.142 e. The van der Waals surface area contributed by atoms with Crippen LogP contribution < -0.4 is 10.5 Å². The van der Waals surface area contributed by atoms with Gasteiger partial charge in [0.1, 0.15) is 17.6 Å². The van der Waals surface area contributed by atoms with Gasteiger partial charge in [0.15, 0.2) is 0 Å². The molecule has 1 atom stereocenters. The summed E-state index contributed by atoms with van der Waals surface area (Å²) in [6.07, 6.45) is -0.985. The van der Waals surface area contributed by atoms with Crippen LogP contribution in [-0.2, 0) is 0 Å². The first kappa shape index (κ1) is 12.3. The number of nitrogen functional groups attached to an aromatic ring is 1. The summed E-state index contributed by atoms with van der Waals surface area (Å²) >= 11 is 0. The molecule has 4 heteroatoms. The number of anilines is 1. The van der Waals surface area contributed by atoms with E-state index in [0.717, 1.165) is 0 Å². The molecule has 4 N–H and O–H groups in total. The molecular formula is C14H15NO3. The standard InChI is InChI=1S/C14H15NO3/c1-18-12-8-4-6-10(13(12)15)14(17)9-5-2-3-7-11(9)16/h2-8,14,16-17H,15H2,1H3. The van der Waals surface area contributed by atoms with Crippen LogP contribution in [0.25, 0.3) is 0 Å². The number of phenolic OH excluding ortho intramolecular Hbond substituents is 1. The number of benzene rings is 2. The second-order valence-electron chi connectivity index (χ2n) is 3.92. The zero-order valence-corrected chi connectivity index (χ0v) is 10.00. The number of para-hydroxylation sites is 2. The number of aliphatic hydroxyl groups is 1. The third-order valence-corrected chi connectivity index (χ3v) is 2.85. The molecule has 0 aromatic heterocycles. The number of hydrogen-bond donors (Lipinski definition) is 3. The van der Waals surface area contributed by atoms with Crippen LogP contribution in [-0.4, -0.2) is 17.3 Å². The van der Waals surface area contributed by atoms with E-state index in [9.17, 15) is 10.2 Å². The summed E-state index contributed by atoms with van der Waals surface area (Å²) < 4.78 is 5.10. The van der Waals surface area contributed by atoms with Crippen molar-refractivity contribution >= 4 is 5.69 Å². The Morgan fingerprint density at radius 2 is 1.72 bits per heavy atom. The Hall–Kier alpha value is -2.20. The summed E-state index contributed by atoms with van der Waals surface area (Å²) in [5.41, 5.74) is 7.21. The maximum absolute atomic E-state index is 10.3. The number of rotatable bonds is 3. The lowest BCUT2D eigenvalue weighted by Crippen LogP contribution is -2.05. The highest BCUT2D eigenvalue weighted by Gasteiger charge is 2.18. The van der Waals surface area contributed by atoms with Gasteiger partial charge in [0, 0.05) is 11.1 Å². The highest BCUT2D eigenvalue weighted by atomic mass is 16.5. The molecule has 2 aromatic carbocycles. The molecule has 0 aliphatic rings. The van der Waals surface area contributed by atoms with Crippen LogP contribution in [0, 0.1) is 0 Å². The van der Waals surface area contributed by atoms with E-state index in [1.54, 1.807) is 36.4 Å². The zero-order valence-electron chi connectivity index (χ0n) is 10.00. The zero-order chi connectivity index (χ0) is 13.1. The molecule has 18 heavy (non-hydrogen) atoms. The van der Waals surface area contributed by atoms with Crippen molar-refractivity contribution in [1.29, 1.82) is 0 Å². The first-order valence-electron chi connectivity index (χ1n) is 5.53. The van der Waals surface area contributed by atoms with Crippen molar-refractivity contribution in [3.05, 3.63) is 53.6 Å². The average Bonchev–Trinajstić information content (AvgIpc) is 2.39. The summed E-state index contributed by atoms with van der Waals surface area (Å²) in [4.78, 5) is 0. The normalized spacial score (nSPS) is 12.1. The van der Waals surface area contributed by atoms with E-state index in [1.807, 2.05) is 0 Å². The molecule has 0 amide bonds. The largest absolute Gasteiger partial charge is 0.508 e. The van der Waals surface area contributed by atoms with Gasteiger partial charge in [0.05, 0.1) is 12.8 Å². The van der Waals surface area contributed by atoms with E-state index in [-0.39, 0.29) is 5.75 Å². The van der Waals surface area contributed by atoms with E-state index in [4.69, 9.17) is 10.5 Å². The van der Waals surface area contributed by atoms with Crippen molar-refractivity contribution in [2.45, 2.75) is 6.10 Å². The molecule has 0 bridgehead atoms. The van der Waals surface area contributed by atoms with Crippen molar-refractivity contribution in [1.82, 2.24) is 0 Å². The Labute approximate surface area is 105 Å².